The van der Waals surface area contributed by atoms with Crippen LogP contribution in [0.2, 0.25) is 0 Å². The summed E-state index contributed by atoms with van der Waals surface area (Å²) in [5.41, 5.74) is 1.90. The molecule has 0 aromatic heterocycles. The highest BCUT2D eigenvalue weighted by Gasteiger charge is 2.41. The molecular weight excluding hydrogens is 298 g/mol. The van der Waals surface area contributed by atoms with Gasteiger partial charge in [-0.1, -0.05) is 30.3 Å². The van der Waals surface area contributed by atoms with Gasteiger partial charge in [0.2, 0.25) is 5.91 Å². The second-order valence-corrected chi connectivity index (χ2v) is 8.07. The lowest BCUT2D eigenvalue weighted by atomic mass is 9.68. The van der Waals surface area contributed by atoms with E-state index in [-0.39, 0.29) is 5.91 Å². The van der Waals surface area contributed by atoms with Crippen LogP contribution in [0.1, 0.15) is 30.7 Å². The molecule has 1 aromatic carbocycles. The van der Waals surface area contributed by atoms with Gasteiger partial charge in [-0.05, 0) is 56.3 Å². The predicted molar refractivity (Wildman–Crippen MR) is 98.1 cm³/mol. The van der Waals surface area contributed by atoms with Gasteiger partial charge in [0, 0.05) is 27.2 Å². The van der Waals surface area contributed by atoms with Crippen LogP contribution in [0.15, 0.2) is 30.3 Å². The Labute approximate surface area is 146 Å². The first-order valence-corrected chi connectivity index (χ1v) is 9.13. The maximum absolute atomic E-state index is 11.9. The van der Waals surface area contributed by atoms with Gasteiger partial charge in [0.1, 0.15) is 0 Å². The summed E-state index contributed by atoms with van der Waals surface area (Å²) in [4.78, 5) is 18.5. The van der Waals surface area contributed by atoms with E-state index in [9.17, 15) is 4.79 Å². The molecule has 1 amide bonds. The van der Waals surface area contributed by atoms with Crippen LogP contribution in [0.25, 0.3) is 0 Å². The molecule has 132 valence electrons. The maximum atomic E-state index is 11.9. The fourth-order valence-corrected chi connectivity index (χ4v) is 4.49. The van der Waals surface area contributed by atoms with Crippen molar-refractivity contribution in [1.29, 1.82) is 0 Å². The largest absolute Gasteiger partial charge is 0.348 e. The molecule has 0 N–H and O–H groups in total. The number of carbonyl (C=O) groups excluding carboxylic acids is 1. The molecule has 4 nitrogen and oxygen atoms in total. The van der Waals surface area contributed by atoms with Gasteiger partial charge in [0.05, 0.1) is 6.54 Å². The summed E-state index contributed by atoms with van der Waals surface area (Å²) in [6, 6.07) is 11.0. The monoisotopic (exact) mass is 329 g/mol. The topological polar surface area (TPSA) is 26.8 Å². The molecule has 0 saturated carbocycles. The summed E-state index contributed by atoms with van der Waals surface area (Å²) in [7, 11) is 5.95. The highest BCUT2D eigenvalue weighted by atomic mass is 16.2. The molecule has 3 rings (SSSR count). The third kappa shape index (κ3) is 3.98. The van der Waals surface area contributed by atoms with Gasteiger partial charge >= 0.3 is 0 Å². The predicted octanol–water partition coefficient (Wildman–Crippen LogP) is 2.28. The van der Waals surface area contributed by atoms with Gasteiger partial charge in [-0.15, -0.1) is 0 Å². The number of benzene rings is 1. The zero-order valence-corrected chi connectivity index (χ0v) is 15.4. The second-order valence-electron chi connectivity index (χ2n) is 8.07. The van der Waals surface area contributed by atoms with Crippen LogP contribution in [0, 0.1) is 5.41 Å². The summed E-state index contributed by atoms with van der Waals surface area (Å²) >= 11 is 0. The number of amides is 1. The third-order valence-electron chi connectivity index (χ3n) is 5.86. The van der Waals surface area contributed by atoms with Crippen molar-refractivity contribution in [1.82, 2.24) is 14.7 Å². The van der Waals surface area contributed by atoms with Gasteiger partial charge in [0.25, 0.3) is 0 Å². The van der Waals surface area contributed by atoms with Gasteiger partial charge < -0.3 is 9.80 Å². The Balaban J connectivity index is 1.63. The summed E-state index contributed by atoms with van der Waals surface area (Å²) in [6.07, 6.45) is 3.71. The highest BCUT2D eigenvalue weighted by molar-refractivity contribution is 5.77. The fourth-order valence-electron chi connectivity index (χ4n) is 4.49. The van der Waals surface area contributed by atoms with Crippen molar-refractivity contribution in [3.8, 4) is 0 Å². The first kappa shape index (κ1) is 17.4. The SMILES string of the molecule is CN1C[C@H](c2ccccc2)CC2(CCN(CC(=O)N(C)C)CC2)C1. The minimum absolute atomic E-state index is 0.217. The first-order valence-electron chi connectivity index (χ1n) is 9.13. The number of piperidine rings is 2. The molecule has 1 spiro atoms. The van der Waals surface area contributed by atoms with E-state index < -0.39 is 0 Å². The number of likely N-dealkylation sites (N-methyl/N-ethyl adjacent to an activating group) is 2. The van der Waals surface area contributed by atoms with Crippen molar-refractivity contribution < 1.29 is 4.79 Å². The minimum Gasteiger partial charge on any atom is -0.348 e. The molecule has 1 atom stereocenters. The zero-order valence-electron chi connectivity index (χ0n) is 15.4. The average molecular weight is 329 g/mol. The quantitative estimate of drug-likeness (QED) is 0.851. The number of nitrogens with zero attached hydrogens (tertiary/aromatic N) is 3. The molecule has 2 aliphatic rings. The number of hydrogen-bond donors (Lipinski definition) is 0. The normalized spacial score (nSPS) is 24.9. The van der Waals surface area contributed by atoms with Crippen LogP contribution in [-0.2, 0) is 4.79 Å². The zero-order chi connectivity index (χ0) is 17.2. The van der Waals surface area contributed by atoms with Gasteiger partial charge in [-0.25, -0.2) is 0 Å². The summed E-state index contributed by atoms with van der Waals surface area (Å²) in [5, 5.41) is 0. The van der Waals surface area contributed by atoms with E-state index in [1.165, 1.54) is 31.4 Å². The maximum Gasteiger partial charge on any atom is 0.236 e. The van der Waals surface area contributed by atoms with Crippen LogP contribution >= 0.6 is 0 Å². The van der Waals surface area contributed by atoms with Crippen molar-refractivity contribution in [3.63, 3.8) is 0 Å². The van der Waals surface area contributed by atoms with E-state index in [4.69, 9.17) is 0 Å². The van der Waals surface area contributed by atoms with E-state index in [1.807, 2.05) is 14.1 Å². The molecule has 4 heteroatoms. The summed E-state index contributed by atoms with van der Waals surface area (Å²) in [6.45, 7) is 5.03. The molecule has 2 saturated heterocycles. The minimum atomic E-state index is 0.217. The van der Waals surface area contributed by atoms with Crippen LogP contribution < -0.4 is 0 Å². The second kappa shape index (κ2) is 7.24. The van der Waals surface area contributed by atoms with Crippen molar-refractivity contribution in [2.24, 2.45) is 5.41 Å². The molecule has 2 fully saturated rings. The molecule has 0 bridgehead atoms. The third-order valence-corrected chi connectivity index (χ3v) is 5.86. The van der Waals surface area contributed by atoms with Crippen LogP contribution in [0.3, 0.4) is 0 Å². The van der Waals surface area contributed by atoms with Crippen molar-refractivity contribution >= 4 is 5.91 Å². The summed E-state index contributed by atoms with van der Waals surface area (Å²) < 4.78 is 0. The Bertz CT molecular complexity index is 549. The van der Waals surface area contributed by atoms with Crippen molar-refractivity contribution in [2.75, 3.05) is 53.9 Å². The van der Waals surface area contributed by atoms with E-state index in [1.54, 1.807) is 4.90 Å². The lowest BCUT2D eigenvalue weighted by molar-refractivity contribution is -0.130. The molecule has 1 aromatic rings. The number of hydrogen-bond acceptors (Lipinski definition) is 3. The lowest BCUT2D eigenvalue weighted by Crippen LogP contribution is -2.51. The van der Waals surface area contributed by atoms with E-state index in [0.717, 1.165) is 19.6 Å². The fraction of sp³-hybridized carbons (Fsp3) is 0.650. The van der Waals surface area contributed by atoms with Gasteiger partial charge in [-0.2, -0.15) is 0 Å². The standard InChI is InChI=1S/C20H31N3O/c1-21(2)19(24)15-23-11-9-20(10-12-23)13-18(14-22(3)16-20)17-7-5-4-6-8-17/h4-8,18H,9-16H2,1-3H3/t18-/m1/s1. The van der Waals surface area contributed by atoms with Crippen molar-refractivity contribution in [3.05, 3.63) is 35.9 Å². The Morgan fingerprint density at radius 3 is 2.50 bits per heavy atom. The van der Waals surface area contributed by atoms with Gasteiger partial charge in [-0.3, -0.25) is 9.69 Å². The highest BCUT2D eigenvalue weighted by Crippen LogP contribution is 2.44. The van der Waals surface area contributed by atoms with E-state index >= 15 is 0 Å². The smallest absolute Gasteiger partial charge is 0.236 e. The number of carbonyl (C=O) groups is 1. The van der Waals surface area contributed by atoms with Crippen LogP contribution in [0.5, 0.6) is 0 Å². The number of likely N-dealkylation sites (tertiary alicyclic amines) is 2. The Kier molecular flexibility index (Phi) is 5.26. The molecule has 24 heavy (non-hydrogen) atoms. The number of rotatable bonds is 3. The molecule has 0 aliphatic carbocycles. The molecule has 2 heterocycles. The molecule has 0 radical (unpaired) electrons. The Morgan fingerprint density at radius 2 is 1.88 bits per heavy atom. The Morgan fingerprint density at radius 1 is 1.21 bits per heavy atom. The molecular formula is C20H31N3O. The van der Waals surface area contributed by atoms with Crippen molar-refractivity contribution in [2.45, 2.75) is 25.2 Å². The lowest BCUT2D eigenvalue weighted by Gasteiger charge is -2.49. The van der Waals surface area contributed by atoms with Crippen LogP contribution in [0.4, 0.5) is 0 Å². The molecule has 0 unspecified atom stereocenters. The summed E-state index contributed by atoms with van der Waals surface area (Å²) in [5.74, 6) is 0.855. The molecule has 2 aliphatic heterocycles. The van der Waals surface area contributed by atoms with E-state index in [0.29, 0.717) is 17.9 Å². The first-order chi connectivity index (χ1) is 11.5. The van der Waals surface area contributed by atoms with Crippen LogP contribution in [-0.4, -0.2) is 74.5 Å². The van der Waals surface area contributed by atoms with Gasteiger partial charge in [0.15, 0.2) is 0 Å². The van der Waals surface area contributed by atoms with E-state index in [2.05, 4.69) is 47.2 Å². The average Bonchev–Trinajstić information content (AvgIpc) is 2.57. The Hall–Kier alpha value is -1.39.